The smallest absolute Gasteiger partial charge is 0.336 e. The molecular weight excluding hydrogens is 256 g/mol. The second-order valence-corrected chi connectivity index (χ2v) is 4.74. The highest BCUT2D eigenvalue weighted by molar-refractivity contribution is 6.02. The lowest BCUT2D eigenvalue weighted by molar-refractivity contribution is 0.0699. The summed E-state index contributed by atoms with van der Waals surface area (Å²) >= 11 is 0. The Kier molecular flexibility index (Phi) is 2.82. The van der Waals surface area contributed by atoms with Crippen molar-refractivity contribution in [2.45, 2.75) is 20.4 Å². The third-order valence-electron chi connectivity index (χ3n) is 3.42. The minimum atomic E-state index is -0.920. The Morgan fingerprint density at radius 2 is 2.15 bits per heavy atom. The van der Waals surface area contributed by atoms with Crippen LogP contribution in [0.3, 0.4) is 0 Å². The summed E-state index contributed by atoms with van der Waals surface area (Å²) in [5, 5.41) is 9.90. The minimum absolute atomic E-state index is 0.306. The van der Waals surface area contributed by atoms with Gasteiger partial charge in [0.15, 0.2) is 0 Å². The third-order valence-corrected chi connectivity index (χ3v) is 3.42. The number of carbonyl (C=O) groups is 1. The summed E-state index contributed by atoms with van der Waals surface area (Å²) in [5.41, 5.74) is 2.04. The van der Waals surface area contributed by atoms with E-state index in [9.17, 15) is 9.90 Å². The topological polar surface area (TPSA) is 68.3 Å². The van der Waals surface area contributed by atoms with Gasteiger partial charge >= 0.3 is 5.97 Å². The first-order valence-electron chi connectivity index (χ1n) is 6.30. The molecule has 0 saturated heterocycles. The van der Waals surface area contributed by atoms with Crippen LogP contribution in [0.4, 0.5) is 0 Å². The maximum atomic E-state index is 11.2. The highest BCUT2D eigenvalue weighted by Gasteiger charge is 2.12. The Balaban J connectivity index is 2.05. The molecule has 102 valence electrons. The summed E-state index contributed by atoms with van der Waals surface area (Å²) in [4.78, 5) is 15.5. The van der Waals surface area contributed by atoms with E-state index in [1.807, 2.05) is 30.7 Å². The molecule has 1 aromatic carbocycles. The van der Waals surface area contributed by atoms with E-state index in [0.717, 1.165) is 22.4 Å². The fourth-order valence-electron chi connectivity index (χ4n) is 2.30. The van der Waals surface area contributed by atoms with Gasteiger partial charge in [0.25, 0.3) is 0 Å². The van der Waals surface area contributed by atoms with Crippen LogP contribution in [-0.4, -0.2) is 20.6 Å². The largest absolute Gasteiger partial charge is 0.478 e. The monoisotopic (exact) mass is 270 g/mol. The zero-order valence-electron chi connectivity index (χ0n) is 11.3. The van der Waals surface area contributed by atoms with Crippen LogP contribution >= 0.6 is 0 Å². The van der Waals surface area contributed by atoms with Gasteiger partial charge in [-0.3, -0.25) is 0 Å². The Hall–Kier alpha value is -2.56. The van der Waals surface area contributed by atoms with Gasteiger partial charge in [0.2, 0.25) is 5.89 Å². The first-order chi connectivity index (χ1) is 9.56. The third kappa shape index (κ3) is 1.97. The van der Waals surface area contributed by atoms with E-state index in [1.54, 1.807) is 18.2 Å². The van der Waals surface area contributed by atoms with E-state index in [2.05, 4.69) is 4.98 Å². The number of hydrogen-bond acceptors (Lipinski definition) is 3. The fraction of sp³-hybridized carbons (Fsp3) is 0.200. The zero-order valence-corrected chi connectivity index (χ0v) is 11.3. The summed E-state index contributed by atoms with van der Waals surface area (Å²) < 4.78 is 7.50. The van der Waals surface area contributed by atoms with Gasteiger partial charge in [-0.1, -0.05) is 6.07 Å². The second kappa shape index (κ2) is 4.52. The molecule has 20 heavy (non-hydrogen) atoms. The van der Waals surface area contributed by atoms with Crippen LogP contribution in [0.15, 0.2) is 34.9 Å². The van der Waals surface area contributed by atoms with Crippen LogP contribution in [0.25, 0.3) is 10.9 Å². The highest BCUT2D eigenvalue weighted by Crippen LogP contribution is 2.21. The lowest BCUT2D eigenvalue weighted by Crippen LogP contribution is -2.00. The molecule has 0 aliphatic rings. The summed E-state index contributed by atoms with van der Waals surface area (Å²) in [5.74, 6) is 0.511. The predicted octanol–water partition coefficient (Wildman–Crippen LogP) is 2.99. The fourth-order valence-corrected chi connectivity index (χ4v) is 2.30. The van der Waals surface area contributed by atoms with Crippen molar-refractivity contribution in [2.24, 2.45) is 0 Å². The molecule has 3 aromatic rings. The number of hydrogen-bond donors (Lipinski definition) is 1. The minimum Gasteiger partial charge on any atom is -0.478 e. The summed E-state index contributed by atoms with van der Waals surface area (Å²) in [7, 11) is 0. The molecule has 5 heteroatoms. The van der Waals surface area contributed by atoms with E-state index in [1.165, 1.54) is 0 Å². The van der Waals surface area contributed by atoms with Crippen molar-refractivity contribution in [1.82, 2.24) is 9.55 Å². The molecule has 1 N–H and O–H groups in total. The van der Waals surface area contributed by atoms with Crippen LogP contribution < -0.4 is 0 Å². The van der Waals surface area contributed by atoms with Gasteiger partial charge in [-0.25, -0.2) is 9.78 Å². The predicted molar refractivity (Wildman–Crippen MR) is 74.0 cm³/mol. The molecule has 0 radical (unpaired) electrons. The molecule has 0 fully saturated rings. The molecule has 5 nitrogen and oxygen atoms in total. The number of fused-ring (bicyclic) bond motifs is 1. The number of carboxylic acid groups (broad SMARTS) is 1. The van der Waals surface area contributed by atoms with Crippen molar-refractivity contribution in [3.8, 4) is 0 Å². The SMILES string of the molecule is Cc1nc(Cn2ccc3c(C(=O)O)cccc32)oc1C. The molecule has 0 saturated carbocycles. The van der Waals surface area contributed by atoms with Gasteiger partial charge in [-0.15, -0.1) is 0 Å². The Bertz CT molecular complexity index is 779. The van der Waals surface area contributed by atoms with Gasteiger partial charge in [-0.2, -0.15) is 0 Å². The Morgan fingerprint density at radius 1 is 1.35 bits per heavy atom. The Morgan fingerprint density at radius 3 is 2.80 bits per heavy atom. The first kappa shape index (κ1) is 12.5. The summed E-state index contributed by atoms with van der Waals surface area (Å²) in [6.07, 6.45) is 1.85. The zero-order chi connectivity index (χ0) is 14.3. The van der Waals surface area contributed by atoms with Gasteiger partial charge in [-0.05, 0) is 32.0 Å². The molecule has 3 rings (SSSR count). The van der Waals surface area contributed by atoms with E-state index < -0.39 is 5.97 Å². The van der Waals surface area contributed by atoms with Crippen molar-refractivity contribution < 1.29 is 14.3 Å². The average Bonchev–Trinajstić information content (AvgIpc) is 2.94. The molecule has 0 spiro atoms. The molecular formula is C15H14N2O3. The molecule has 0 atom stereocenters. The summed E-state index contributed by atoms with van der Waals surface area (Å²) in [6.45, 7) is 4.27. The van der Waals surface area contributed by atoms with Crippen molar-refractivity contribution in [3.05, 3.63) is 53.4 Å². The normalized spacial score (nSPS) is 11.1. The number of rotatable bonds is 3. The number of oxazole rings is 1. The molecule has 2 aromatic heterocycles. The molecule has 0 bridgehead atoms. The highest BCUT2D eigenvalue weighted by atomic mass is 16.4. The van der Waals surface area contributed by atoms with Crippen molar-refractivity contribution in [3.63, 3.8) is 0 Å². The molecule has 2 heterocycles. The standard InChI is InChI=1S/C15H14N2O3/c1-9-10(2)20-14(16-9)8-17-7-6-11-12(15(18)19)4-3-5-13(11)17/h3-7H,8H2,1-2H3,(H,18,19). The molecule has 0 amide bonds. The van der Waals surface area contributed by atoms with Gasteiger partial charge in [0, 0.05) is 17.1 Å². The molecule has 0 unspecified atom stereocenters. The number of carboxylic acids is 1. The summed E-state index contributed by atoms with van der Waals surface area (Å²) in [6, 6.07) is 7.05. The van der Waals surface area contributed by atoms with Gasteiger partial charge in [0.1, 0.15) is 5.76 Å². The van der Waals surface area contributed by atoms with Crippen molar-refractivity contribution >= 4 is 16.9 Å². The second-order valence-electron chi connectivity index (χ2n) is 4.74. The average molecular weight is 270 g/mol. The van der Waals surface area contributed by atoms with Gasteiger partial charge in [0.05, 0.1) is 17.8 Å². The van der Waals surface area contributed by atoms with Crippen molar-refractivity contribution in [2.75, 3.05) is 0 Å². The van der Waals surface area contributed by atoms with Crippen LogP contribution in [0.5, 0.6) is 0 Å². The number of aromatic nitrogens is 2. The van der Waals surface area contributed by atoms with Crippen LogP contribution in [-0.2, 0) is 6.54 Å². The van der Waals surface area contributed by atoms with Gasteiger partial charge < -0.3 is 14.1 Å². The van der Waals surface area contributed by atoms with E-state index in [4.69, 9.17) is 4.42 Å². The van der Waals surface area contributed by atoms with Crippen molar-refractivity contribution in [1.29, 1.82) is 0 Å². The van der Waals surface area contributed by atoms with E-state index in [0.29, 0.717) is 18.0 Å². The van der Waals surface area contributed by atoms with Crippen LogP contribution in [0.2, 0.25) is 0 Å². The molecule has 0 aliphatic heterocycles. The van der Waals surface area contributed by atoms with E-state index >= 15 is 0 Å². The maximum absolute atomic E-state index is 11.2. The lowest BCUT2D eigenvalue weighted by atomic mass is 10.1. The molecule has 0 aliphatic carbocycles. The van der Waals surface area contributed by atoms with Crippen LogP contribution in [0.1, 0.15) is 27.7 Å². The number of aromatic carboxylic acids is 1. The Labute approximate surface area is 115 Å². The number of aryl methyl sites for hydroxylation is 2. The van der Waals surface area contributed by atoms with Crippen LogP contribution in [0, 0.1) is 13.8 Å². The lowest BCUT2D eigenvalue weighted by Gasteiger charge is -2.03. The van der Waals surface area contributed by atoms with E-state index in [-0.39, 0.29) is 0 Å². The number of benzene rings is 1. The quantitative estimate of drug-likeness (QED) is 0.794. The number of nitrogens with zero attached hydrogens (tertiary/aromatic N) is 2. The first-order valence-corrected chi connectivity index (χ1v) is 6.30. The maximum Gasteiger partial charge on any atom is 0.336 e.